The Balaban J connectivity index is 2.65. The number of nitrogens with two attached hydrogens (primary N) is 1. The fraction of sp³-hybridized carbons (Fsp3) is 0.600. The molecular formula is C15H26N2O2. The molecule has 4 nitrogen and oxygen atoms in total. The molecule has 3 N–H and O–H groups in total. The van der Waals surface area contributed by atoms with Crippen LogP contribution in [0.15, 0.2) is 18.2 Å². The molecule has 1 aromatic rings. The van der Waals surface area contributed by atoms with E-state index in [-0.39, 0.29) is 0 Å². The summed E-state index contributed by atoms with van der Waals surface area (Å²) >= 11 is 0. The summed E-state index contributed by atoms with van der Waals surface area (Å²) in [6.07, 6.45) is 0.211. The Bertz CT molecular complexity index is 392. The number of aliphatic hydroxyl groups excluding tert-OH is 1. The number of benzene rings is 1. The van der Waals surface area contributed by atoms with Gasteiger partial charge in [0.1, 0.15) is 5.75 Å². The topological polar surface area (TPSA) is 58.7 Å². The van der Waals surface area contributed by atoms with Crippen molar-refractivity contribution >= 4 is 5.69 Å². The van der Waals surface area contributed by atoms with E-state index in [4.69, 9.17) is 10.5 Å². The lowest BCUT2D eigenvalue weighted by molar-refractivity contribution is 0.154. The fourth-order valence-electron chi connectivity index (χ4n) is 1.71. The SMILES string of the molecule is CC(C)COc1ccc(C(O)CCN(C)C)cc1N. The standard InChI is InChI=1S/C15H26N2O2/c1-11(2)10-19-15-6-5-12(9-13(15)16)14(18)7-8-17(3)4/h5-6,9,11,14,18H,7-8,10,16H2,1-4H3. The largest absolute Gasteiger partial charge is 0.491 e. The highest BCUT2D eigenvalue weighted by atomic mass is 16.5. The van der Waals surface area contributed by atoms with Gasteiger partial charge in [0, 0.05) is 6.54 Å². The Labute approximate surface area is 116 Å². The molecular weight excluding hydrogens is 240 g/mol. The van der Waals surface area contributed by atoms with Gasteiger partial charge in [-0.3, -0.25) is 0 Å². The van der Waals surface area contributed by atoms with Gasteiger partial charge in [0.15, 0.2) is 0 Å². The average Bonchev–Trinajstić information content (AvgIpc) is 2.34. The van der Waals surface area contributed by atoms with Crippen molar-refractivity contribution in [2.75, 3.05) is 33.0 Å². The maximum atomic E-state index is 10.1. The molecule has 0 saturated heterocycles. The molecule has 0 aliphatic heterocycles. The zero-order valence-electron chi connectivity index (χ0n) is 12.4. The van der Waals surface area contributed by atoms with Gasteiger partial charge in [-0.15, -0.1) is 0 Å². The lowest BCUT2D eigenvalue weighted by atomic mass is 10.1. The molecule has 19 heavy (non-hydrogen) atoms. The molecule has 0 saturated carbocycles. The van der Waals surface area contributed by atoms with Gasteiger partial charge in [0.05, 0.1) is 18.4 Å². The summed E-state index contributed by atoms with van der Waals surface area (Å²) in [6, 6.07) is 5.52. The van der Waals surface area contributed by atoms with E-state index in [1.165, 1.54) is 0 Å². The van der Waals surface area contributed by atoms with Crippen molar-refractivity contribution in [1.29, 1.82) is 0 Å². The Kier molecular flexibility index (Phi) is 6.12. The molecule has 1 aromatic carbocycles. The first-order chi connectivity index (χ1) is 8.90. The number of aliphatic hydroxyl groups is 1. The highest BCUT2D eigenvalue weighted by molar-refractivity contribution is 5.54. The van der Waals surface area contributed by atoms with Gasteiger partial charge < -0.3 is 20.5 Å². The second-order valence-electron chi connectivity index (χ2n) is 5.61. The molecule has 0 aliphatic rings. The molecule has 0 spiro atoms. The molecule has 0 heterocycles. The van der Waals surface area contributed by atoms with E-state index >= 15 is 0 Å². The molecule has 0 amide bonds. The van der Waals surface area contributed by atoms with Gasteiger partial charge in [-0.2, -0.15) is 0 Å². The van der Waals surface area contributed by atoms with Crippen LogP contribution >= 0.6 is 0 Å². The smallest absolute Gasteiger partial charge is 0.142 e. The quantitative estimate of drug-likeness (QED) is 0.743. The molecule has 0 aromatic heterocycles. The minimum Gasteiger partial charge on any atom is -0.491 e. The van der Waals surface area contributed by atoms with Crippen LogP contribution < -0.4 is 10.5 Å². The predicted octanol–water partition coefficient (Wildman–Crippen LogP) is 2.29. The van der Waals surface area contributed by atoms with Gasteiger partial charge >= 0.3 is 0 Å². The van der Waals surface area contributed by atoms with E-state index in [2.05, 4.69) is 13.8 Å². The van der Waals surface area contributed by atoms with Gasteiger partial charge in [0.2, 0.25) is 0 Å². The highest BCUT2D eigenvalue weighted by Crippen LogP contribution is 2.27. The summed E-state index contributed by atoms with van der Waals surface area (Å²) in [6.45, 7) is 5.67. The second-order valence-corrected chi connectivity index (χ2v) is 5.61. The molecule has 1 rings (SSSR count). The van der Waals surface area contributed by atoms with Crippen molar-refractivity contribution in [3.05, 3.63) is 23.8 Å². The third-order valence-electron chi connectivity index (χ3n) is 2.84. The minimum absolute atomic E-state index is 0.463. The number of anilines is 1. The van der Waals surface area contributed by atoms with Crippen molar-refractivity contribution in [2.45, 2.75) is 26.4 Å². The summed E-state index contributed by atoms with van der Waals surface area (Å²) < 4.78 is 5.62. The van der Waals surface area contributed by atoms with Crippen LogP contribution in [0, 0.1) is 5.92 Å². The summed E-state index contributed by atoms with van der Waals surface area (Å²) in [5.41, 5.74) is 7.38. The molecule has 0 radical (unpaired) electrons. The van der Waals surface area contributed by atoms with E-state index in [9.17, 15) is 5.11 Å². The normalized spacial score (nSPS) is 13.0. The first-order valence-electron chi connectivity index (χ1n) is 6.75. The Morgan fingerprint density at radius 3 is 2.53 bits per heavy atom. The molecule has 4 heteroatoms. The minimum atomic E-state index is -0.483. The lowest BCUT2D eigenvalue weighted by Crippen LogP contribution is -2.16. The first-order valence-corrected chi connectivity index (χ1v) is 6.75. The number of nitrogen functional groups attached to an aromatic ring is 1. The number of ether oxygens (including phenoxy) is 1. The number of hydrogen-bond donors (Lipinski definition) is 2. The molecule has 0 aliphatic carbocycles. The predicted molar refractivity (Wildman–Crippen MR) is 79.3 cm³/mol. The van der Waals surface area contributed by atoms with Crippen molar-refractivity contribution < 1.29 is 9.84 Å². The van der Waals surface area contributed by atoms with Crippen LogP contribution in [0.3, 0.4) is 0 Å². The summed E-state index contributed by atoms with van der Waals surface area (Å²) in [7, 11) is 3.98. The fourth-order valence-corrected chi connectivity index (χ4v) is 1.71. The molecule has 0 fully saturated rings. The van der Waals surface area contributed by atoms with Crippen LogP contribution in [0.2, 0.25) is 0 Å². The van der Waals surface area contributed by atoms with Crippen molar-refractivity contribution in [3.8, 4) is 5.75 Å². The molecule has 108 valence electrons. The van der Waals surface area contributed by atoms with Crippen LogP contribution in [0.1, 0.15) is 31.9 Å². The van der Waals surface area contributed by atoms with E-state index < -0.39 is 6.10 Å². The van der Waals surface area contributed by atoms with Gasteiger partial charge in [-0.1, -0.05) is 19.9 Å². The van der Waals surface area contributed by atoms with Crippen LogP contribution in [0.5, 0.6) is 5.75 Å². The van der Waals surface area contributed by atoms with Crippen LogP contribution in [-0.2, 0) is 0 Å². The Morgan fingerprint density at radius 2 is 2.00 bits per heavy atom. The van der Waals surface area contributed by atoms with Crippen LogP contribution in [0.25, 0.3) is 0 Å². The molecule has 1 unspecified atom stereocenters. The van der Waals surface area contributed by atoms with E-state index in [0.29, 0.717) is 30.4 Å². The number of nitrogens with zero attached hydrogens (tertiary/aromatic N) is 1. The summed E-state index contributed by atoms with van der Waals surface area (Å²) in [5.74, 6) is 1.15. The Hall–Kier alpha value is -1.26. The highest BCUT2D eigenvalue weighted by Gasteiger charge is 2.10. The first kappa shape index (κ1) is 15.8. The van der Waals surface area contributed by atoms with Crippen molar-refractivity contribution in [2.24, 2.45) is 5.92 Å². The van der Waals surface area contributed by atoms with Gasteiger partial charge in [-0.05, 0) is 44.1 Å². The molecule has 1 atom stereocenters. The van der Waals surface area contributed by atoms with Crippen LogP contribution in [-0.4, -0.2) is 37.3 Å². The summed E-state index contributed by atoms with van der Waals surface area (Å²) in [4.78, 5) is 2.05. The number of rotatable bonds is 7. The third-order valence-corrected chi connectivity index (χ3v) is 2.84. The zero-order chi connectivity index (χ0) is 14.4. The zero-order valence-corrected chi connectivity index (χ0v) is 12.4. The lowest BCUT2D eigenvalue weighted by Gasteiger charge is -2.16. The maximum absolute atomic E-state index is 10.1. The molecule has 0 bridgehead atoms. The van der Waals surface area contributed by atoms with Crippen LogP contribution in [0.4, 0.5) is 5.69 Å². The van der Waals surface area contributed by atoms with E-state index in [0.717, 1.165) is 12.1 Å². The van der Waals surface area contributed by atoms with Gasteiger partial charge in [0.25, 0.3) is 0 Å². The second kappa shape index (κ2) is 7.36. The summed E-state index contributed by atoms with van der Waals surface area (Å²) in [5, 5.41) is 10.1. The van der Waals surface area contributed by atoms with E-state index in [1.54, 1.807) is 6.07 Å². The number of hydrogen-bond acceptors (Lipinski definition) is 4. The maximum Gasteiger partial charge on any atom is 0.142 e. The third kappa shape index (κ3) is 5.49. The monoisotopic (exact) mass is 266 g/mol. The van der Waals surface area contributed by atoms with Crippen molar-refractivity contribution in [1.82, 2.24) is 4.90 Å². The van der Waals surface area contributed by atoms with Gasteiger partial charge in [-0.25, -0.2) is 0 Å². The van der Waals surface area contributed by atoms with E-state index in [1.807, 2.05) is 31.1 Å². The average molecular weight is 266 g/mol. The van der Waals surface area contributed by atoms with Crippen molar-refractivity contribution in [3.63, 3.8) is 0 Å². The Morgan fingerprint density at radius 1 is 1.32 bits per heavy atom.